The molecule has 0 saturated heterocycles. The fraction of sp³-hybridized carbons (Fsp3) is 0.562. The third kappa shape index (κ3) is 6.49. The Kier molecular flexibility index (Phi) is 6.49. The van der Waals surface area contributed by atoms with E-state index in [4.69, 9.17) is 4.74 Å². The number of carbonyl (C=O) groups is 1. The SMILES string of the molecule is Cc1ccccc1OCCNC(=O)NCC(O)C(C)(C)C. The summed E-state index contributed by atoms with van der Waals surface area (Å²) in [7, 11) is 0. The lowest BCUT2D eigenvalue weighted by Crippen LogP contribution is -2.44. The van der Waals surface area contributed by atoms with Crippen LogP contribution >= 0.6 is 0 Å². The van der Waals surface area contributed by atoms with E-state index in [1.807, 2.05) is 52.0 Å². The van der Waals surface area contributed by atoms with Crippen LogP contribution in [0, 0.1) is 12.3 Å². The Hall–Kier alpha value is -1.75. The molecule has 0 aliphatic heterocycles. The highest BCUT2D eigenvalue weighted by Gasteiger charge is 2.22. The largest absolute Gasteiger partial charge is 0.491 e. The number of ether oxygens (including phenoxy) is 1. The second-order valence-corrected chi connectivity index (χ2v) is 6.13. The number of para-hydroxylation sites is 1. The number of aliphatic hydroxyl groups excluding tert-OH is 1. The van der Waals surface area contributed by atoms with Gasteiger partial charge in [0.15, 0.2) is 0 Å². The summed E-state index contributed by atoms with van der Waals surface area (Å²) < 4.78 is 5.58. The van der Waals surface area contributed by atoms with Gasteiger partial charge >= 0.3 is 6.03 Å². The highest BCUT2D eigenvalue weighted by molar-refractivity contribution is 5.73. The number of aryl methyl sites for hydroxylation is 1. The number of hydrogen-bond acceptors (Lipinski definition) is 3. The molecule has 0 saturated carbocycles. The molecular weight excluding hydrogens is 268 g/mol. The van der Waals surface area contributed by atoms with Crippen molar-refractivity contribution in [2.75, 3.05) is 19.7 Å². The number of rotatable bonds is 6. The Morgan fingerprint density at radius 1 is 1.29 bits per heavy atom. The molecule has 1 rings (SSSR count). The molecule has 0 heterocycles. The maximum Gasteiger partial charge on any atom is 0.315 e. The van der Waals surface area contributed by atoms with Crippen LogP contribution in [0.15, 0.2) is 24.3 Å². The molecule has 5 nitrogen and oxygen atoms in total. The predicted molar refractivity (Wildman–Crippen MR) is 83.5 cm³/mol. The first-order valence-electron chi connectivity index (χ1n) is 7.19. The van der Waals surface area contributed by atoms with Gasteiger partial charge in [-0.25, -0.2) is 4.79 Å². The summed E-state index contributed by atoms with van der Waals surface area (Å²) in [5, 5.41) is 15.2. The molecule has 0 radical (unpaired) electrons. The monoisotopic (exact) mass is 294 g/mol. The molecule has 3 N–H and O–H groups in total. The van der Waals surface area contributed by atoms with E-state index < -0.39 is 6.10 Å². The van der Waals surface area contributed by atoms with Crippen molar-refractivity contribution in [3.8, 4) is 5.75 Å². The number of urea groups is 1. The van der Waals surface area contributed by atoms with Crippen molar-refractivity contribution in [1.82, 2.24) is 10.6 Å². The summed E-state index contributed by atoms with van der Waals surface area (Å²) in [5.74, 6) is 0.822. The summed E-state index contributed by atoms with van der Waals surface area (Å²) in [5.41, 5.74) is 0.816. The maximum absolute atomic E-state index is 11.6. The summed E-state index contributed by atoms with van der Waals surface area (Å²) >= 11 is 0. The van der Waals surface area contributed by atoms with Gasteiger partial charge in [-0.1, -0.05) is 39.0 Å². The van der Waals surface area contributed by atoms with Crippen molar-refractivity contribution < 1.29 is 14.6 Å². The summed E-state index contributed by atoms with van der Waals surface area (Å²) in [6, 6.07) is 7.44. The van der Waals surface area contributed by atoms with E-state index in [9.17, 15) is 9.90 Å². The summed E-state index contributed by atoms with van der Waals surface area (Å²) in [6.07, 6.45) is -0.577. The van der Waals surface area contributed by atoms with Gasteiger partial charge in [0.1, 0.15) is 12.4 Å². The van der Waals surface area contributed by atoms with Gasteiger partial charge in [-0.3, -0.25) is 0 Å². The van der Waals surface area contributed by atoms with E-state index in [1.165, 1.54) is 0 Å². The van der Waals surface area contributed by atoms with Crippen LogP contribution in [0.3, 0.4) is 0 Å². The van der Waals surface area contributed by atoms with Crippen molar-refractivity contribution >= 4 is 6.03 Å². The molecule has 5 heteroatoms. The van der Waals surface area contributed by atoms with Crippen molar-refractivity contribution in [3.63, 3.8) is 0 Å². The van der Waals surface area contributed by atoms with Gasteiger partial charge in [0.05, 0.1) is 12.6 Å². The molecule has 1 aromatic rings. The first-order chi connectivity index (χ1) is 9.80. The number of nitrogens with one attached hydrogen (secondary N) is 2. The smallest absolute Gasteiger partial charge is 0.315 e. The summed E-state index contributed by atoms with van der Waals surface area (Å²) in [6.45, 7) is 8.79. The Labute approximate surface area is 126 Å². The van der Waals surface area contributed by atoms with E-state index in [0.29, 0.717) is 13.2 Å². The zero-order chi connectivity index (χ0) is 15.9. The molecule has 0 aliphatic rings. The molecule has 1 aromatic carbocycles. The van der Waals surface area contributed by atoms with Crippen LogP contribution in [0.1, 0.15) is 26.3 Å². The van der Waals surface area contributed by atoms with Crippen molar-refractivity contribution in [2.24, 2.45) is 5.41 Å². The molecule has 2 amide bonds. The number of amides is 2. The molecule has 0 aromatic heterocycles. The summed E-state index contributed by atoms with van der Waals surface area (Å²) in [4.78, 5) is 11.6. The molecule has 0 spiro atoms. The van der Waals surface area contributed by atoms with Gasteiger partial charge in [-0.05, 0) is 24.0 Å². The Bertz CT molecular complexity index is 455. The molecule has 1 unspecified atom stereocenters. The third-order valence-electron chi connectivity index (χ3n) is 3.19. The standard InChI is InChI=1S/C16H26N2O3/c1-12-7-5-6-8-13(12)21-10-9-17-15(20)18-11-14(19)16(2,3)4/h5-8,14,19H,9-11H2,1-4H3,(H2,17,18,20). The van der Waals surface area contributed by atoms with Crippen LogP contribution in [-0.4, -0.2) is 36.9 Å². The normalized spacial score (nSPS) is 12.6. The molecule has 0 aliphatic carbocycles. The highest BCUT2D eigenvalue weighted by atomic mass is 16.5. The minimum atomic E-state index is -0.577. The molecule has 1 atom stereocenters. The minimum absolute atomic E-state index is 0.230. The Morgan fingerprint density at radius 2 is 1.95 bits per heavy atom. The van der Waals surface area contributed by atoms with Crippen LogP contribution < -0.4 is 15.4 Å². The van der Waals surface area contributed by atoms with Crippen molar-refractivity contribution in [3.05, 3.63) is 29.8 Å². The van der Waals surface area contributed by atoms with E-state index in [0.717, 1.165) is 11.3 Å². The van der Waals surface area contributed by atoms with Crippen LogP contribution in [0.4, 0.5) is 4.79 Å². The molecule has 0 fully saturated rings. The predicted octanol–water partition coefficient (Wildman–Crippen LogP) is 2.08. The first-order valence-corrected chi connectivity index (χ1v) is 7.19. The van der Waals surface area contributed by atoms with Crippen molar-refractivity contribution in [1.29, 1.82) is 0 Å². The van der Waals surface area contributed by atoms with Gasteiger partial charge in [-0.15, -0.1) is 0 Å². The maximum atomic E-state index is 11.6. The molecule has 118 valence electrons. The zero-order valence-electron chi connectivity index (χ0n) is 13.3. The second kappa shape index (κ2) is 7.88. The van der Waals surface area contributed by atoms with Gasteiger partial charge in [0, 0.05) is 6.54 Å². The lowest BCUT2D eigenvalue weighted by Gasteiger charge is -2.25. The molecule has 0 bridgehead atoms. The minimum Gasteiger partial charge on any atom is -0.491 e. The fourth-order valence-corrected chi connectivity index (χ4v) is 1.60. The highest BCUT2D eigenvalue weighted by Crippen LogP contribution is 2.18. The Morgan fingerprint density at radius 3 is 2.57 bits per heavy atom. The van der Waals surface area contributed by atoms with E-state index in [1.54, 1.807) is 0 Å². The van der Waals surface area contributed by atoms with Crippen LogP contribution in [0.25, 0.3) is 0 Å². The average molecular weight is 294 g/mol. The van der Waals surface area contributed by atoms with Crippen molar-refractivity contribution in [2.45, 2.75) is 33.8 Å². The second-order valence-electron chi connectivity index (χ2n) is 6.13. The topological polar surface area (TPSA) is 70.6 Å². The van der Waals surface area contributed by atoms with Gasteiger partial charge < -0.3 is 20.5 Å². The number of benzene rings is 1. The third-order valence-corrected chi connectivity index (χ3v) is 3.19. The Balaban J connectivity index is 2.18. The average Bonchev–Trinajstić information content (AvgIpc) is 2.41. The lowest BCUT2D eigenvalue weighted by atomic mass is 9.89. The van der Waals surface area contributed by atoms with E-state index in [2.05, 4.69) is 10.6 Å². The quantitative estimate of drug-likeness (QED) is 0.704. The zero-order valence-corrected chi connectivity index (χ0v) is 13.3. The number of carbonyl (C=O) groups excluding carboxylic acids is 1. The first kappa shape index (κ1) is 17.3. The van der Waals surface area contributed by atoms with Gasteiger partial charge in [0.2, 0.25) is 0 Å². The van der Waals surface area contributed by atoms with Crippen LogP contribution in [0.2, 0.25) is 0 Å². The van der Waals surface area contributed by atoms with Crippen LogP contribution in [-0.2, 0) is 0 Å². The molecule has 21 heavy (non-hydrogen) atoms. The number of aliphatic hydroxyl groups is 1. The number of hydrogen-bond donors (Lipinski definition) is 3. The fourth-order valence-electron chi connectivity index (χ4n) is 1.60. The molecular formula is C16H26N2O3. The van der Waals surface area contributed by atoms with Gasteiger partial charge in [0.25, 0.3) is 0 Å². The van der Waals surface area contributed by atoms with Crippen LogP contribution in [0.5, 0.6) is 5.75 Å². The van der Waals surface area contributed by atoms with E-state index >= 15 is 0 Å². The lowest BCUT2D eigenvalue weighted by molar-refractivity contribution is 0.0649. The van der Waals surface area contributed by atoms with Gasteiger partial charge in [-0.2, -0.15) is 0 Å². The van der Waals surface area contributed by atoms with E-state index in [-0.39, 0.29) is 18.0 Å².